The van der Waals surface area contributed by atoms with Crippen LogP contribution in [0.3, 0.4) is 0 Å². The minimum Gasteiger partial charge on any atom is -0.334 e. The molecular weight excluding hydrogens is 296 g/mol. The summed E-state index contributed by atoms with van der Waals surface area (Å²) < 4.78 is 2.51. The van der Waals surface area contributed by atoms with Gasteiger partial charge in [0.05, 0.1) is 16.9 Å². The highest BCUT2D eigenvalue weighted by atomic mass is 35.5. The number of nitrogens with one attached hydrogen (secondary N) is 2. The van der Waals surface area contributed by atoms with Gasteiger partial charge in [0.15, 0.2) is 0 Å². The van der Waals surface area contributed by atoms with Crippen LogP contribution in [0, 0.1) is 0 Å². The Morgan fingerprint density at radius 1 is 1.45 bits per heavy atom. The number of rotatable bonds is 5. The van der Waals surface area contributed by atoms with Crippen LogP contribution in [0.25, 0.3) is 0 Å². The van der Waals surface area contributed by atoms with Crippen LogP contribution in [0.15, 0.2) is 30.6 Å². The predicted molar refractivity (Wildman–Crippen MR) is 81.1 cm³/mol. The Bertz CT molecular complexity index is 554. The Kier molecular flexibility index (Phi) is 5.03. The Labute approximate surface area is 126 Å². The third-order valence-electron chi connectivity index (χ3n) is 2.77. The summed E-state index contributed by atoms with van der Waals surface area (Å²) in [6, 6.07) is 5.35. The van der Waals surface area contributed by atoms with E-state index in [-0.39, 0.29) is 18.1 Å². The minimum atomic E-state index is -0.193. The van der Waals surface area contributed by atoms with Crippen LogP contribution in [0.1, 0.15) is 24.8 Å². The van der Waals surface area contributed by atoms with Crippen molar-refractivity contribution < 1.29 is 4.79 Å². The van der Waals surface area contributed by atoms with Gasteiger partial charge in [-0.1, -0.05) is 11.6 Å². The average molecular weight is 313 g/mol. The minimum absolute atomic E-state index is 0.00553. The van der Waals surface area contributed by atoms with E-state index in [9.17, 15) is 4.79 Å². The van der Waals surface area contributed by atoms with E-state index in [1.54, 1.807) is 10.9 Å². The lowest BCUT2D eigenvalue weighted by atomic mass is 10.3. The molecule has 5 nitrogen and oxygen atoms in total. The zero-order valence-electron chi connectivity index (χ0n) is 11.3. The topological polar surface area (TPSA) is 59.0 Å². The van der Waals surface area contributed by atoms with Crippen molar-refractivity contribution in [3.63, 3.8) is 0 Å². The number of carbonyl (C=O) groups excluding carboxylic acids is 1. The fraction of sp³-hybridized carbons (Fsp3) is 0.385. The Morgan fingerprint density at radius 3 is 2.85 bits per heavy atom. The summed E-state index contributed by atoms with van der Waals surface area (Å²) in [5.74, 6) is 0. The van der Waals surface area contributed by atoms with Gasteiger partial charge in [-0.2, -0.15) is 5.10 Å². The summed E-state index contributed by atoms with van der Waals surface area (Å²) in [7, 11) is 0. The van der Waals surface area contributed by atoms with Crippen molar-refractivity contribution in [2.75, 3.05) is 0 Å². The lowest BCUT2D eigenvalue weighted by molar-refractivity contribution is 0.233. The van der Waals surface area contributed by atoms with Gasteiger partial charge in [0.1, 0.15) is 0 Å². The lowest BCUT2D eigenvalue weighted by Gasteiger charge is -2.17. The summed E-state index contributed by atoms with van der Waals surface area (Å²) in [6.07, 6.45) is 3.59. The van der Waals surface area contributed by atoms with Crippen LogP contribution in [0.5, 0.6) is 0 Å². The fourth-order valence-corrected chi connectivity index (χ4v) is 2.89. The molecule has 0 spiro atoms. The molecule has 0 aromatic carbocycles. The highest BCUT2D eigenvalue weighted by Gasteiger charge is 2.13. The van der Waals surface area contributed by atoms with Gasteiger partial charge in [-0.05, 0) is 32.0 Å². The van der Waals surface area contributed by atoms with E-state index in [2.05, 4.69) is 15.7 Å². The normalized spacial score (nSPS) is 13.8. The average Bonchev–Trinajstić information content (AvgIpc) is 3.00. The second-order valence-corrected chi connectivity index (χ2v) is 6.36. The predicted octanol–water partition coefficient (Wildman–Crippen LogP) is 3.05. The first kappa shape index (κ1) is 14.9. The van der Waals surface area contributed by atoms with Gasteiger partial charge in [-0.25, -0.2) is 4.79 Å². The summed E-state index contributed by atoms with van der Waals surface area (Å²) in [4.78, 5) is 12.9. The van der Waals surface area contributed by atoms with E-state index in [0.717, 1.165) is 9.21 Å². The molecule has 2 unspecified atom stereocenters. The van der Waals surface area contributed by atoms with Crippen molar-refractivity contribution >= 4 is 29.0 Å². The number of hydrogen-bond donors (Lipinski definition) is 2. The van der Waals surface area contributed by atoms with Crippen LogP contribution in [0.2, 0.25) is 4.34 Å². The maximum absolute atomic E-state index is 11.9. The highest BCUT2D eigenvalue weighted by Crippen LogP contribution is 2.26. The number of carbonyl (C=O) groups is 1. The summed E-state index contributed by atoms with van der Waals surface area (Å²) >= 11 is 7.35. The molecule has 0 fully saturated rings. The smallest absolute Gasteiger partial charge is 0.315 e. The monoisotopic (exact) mass is 312 g/mol. The Morgan fingerprint density at radius 2 is 2.25 bits per heavy atom. The van der Waals surface area contributed by atoms with Crippen LogP contribution >= 0.6 is 22.9 Å². The molecular formula is C13H17ClN4OS. The molecule has 108 valence electrons. The van der Waals surface area contributed by atoms with Crippen molar-refractivity contribution in [3.8, 4) is 0 Å². The van der Waals surface area contributed by atoms with E-state index >= 15 is 0 Å². The molecule has 0 radical (unpaired) electrons. The van der Waals surface area contributed by atoms with Gasteiger partial charge in [0, 0.05) is 23.3 Å². The summed E-state index contributed by atoms with van der Waals surface area (Å²) in [5, 5.41) is 9.89. The van der Waals surface area contributed by atoms with Gasteiger partial charge < -0.3 is 10.6 Å². The summed E-state index contributed by atoms with van der Waals surface area (Å²) in [6.45, 7) is 4.51. The van der Waals surface area contributed by atoms with E-state index < -0.39 is 0 Å². The van der Waals surface area contributed by atoms with E-state index in [1.165, 1.54) is 11.3 Å². The standard InChI is InChI=1S/C13H17ClN4OS/c1-9(8-18-7-3-6-15-18)16-13(19)17-10(2)11-4-5-12(14)20-11/h3-7,9-10H,8H2,1-2H3,(H2,16,17,19). The maximum Gasteiger partial charge on any atom is 0.315 e. The van der Waals surface area contributed by atoms with Gasteiger partial charge in [-0.15, -0.1) is 11.3 Å². The molecule has 20 heavy (non-hydrogen) atoms. The third-order valence-corrected chi connectivity index (χ3v) is 4.18. The fourth-order valence-electron chi connectivity index (χ4n) is 1.83. The molecule has 2 heterocycles. The van der Waals surface area contributed by atoms with Crippen LogP contribution in [-0.4, -0.2) is 21.9 Å². The van der Waals surface area contributed by atoms with Gasteiger partial charge in [-0.3, -0.25) is 4.68 Å². The van der Waals surface area contributed by atoms with E-state index in [0.29, 0.717) is 6.54 Å². The second-order valence-electron chi connectivity index (χ2n) is 4.61. The number of nitrogens with zero attached hydrogens (tertiary/aromatic N) is 2. The number of hydrogen-bond acceptors (Lipinski definition) is 3. The highest BCUT2D eigenvalue weighted by molar-refractivity contribution is 7.16. The number of halogens is 1. The third kappa shape index (κ3) is 4.25. The number of urea groups is 1. The van der Waals surface area contributed by atoms with E-state index in [4.69, 9.17) is 11.6 Å². The zero-order chi connectivity index (χ0) is 14.5. The van der Waals surface area contributed by atoms with Crippen LogP contribution in [-0.2, 0) is 6.54 Å². The molecule has 0 aliphatic heterocycles. The number of thiophene rings is 1. The van der Waals surface area contributed by atoms with Crippen LogP contribution in [0.4, 0.5) is 4.79 Å². The van der Waals surface area contributed by atoms with Crippen molar-refractivity contribution in [3.05, 3.63) is 39.8 Å². The van der Waals surface area contributed by atoms with Crippen molar-refractivity contribution in [1.82, 2.24) is 20.4 Å². The summed E-state index contributed by atoms with van der Waals surface area (Å²) in [5.41, 5.74) is 0. The first-order valence-corrected chi connectivity index (χ1v) is 7.53. The van der Waals surface area contributed by atoms with Gasteiger partial charge >= 0.3 is 6.03 Å². The molecule has 2 rings (SSSR count). The second kappa shape index (κ2) is 6.76. The molecule has 2 amide bonds. The lowest BCUT2D eigenvalue weighted by Crippen LogP contribution is -2.43. The first-order chi connectivity index (χ1) is 9.54. The van der Waals surface area contributed by atoms with Crippen molar-refractivity contribution in [2.45, 2.75) is 32.5 Å². The quantitative estimate of drug-likeness (QED) is 0.891. The zero-order valence-corrected chi connectivity index (χ0v) is 12.9. The Balaban J connectivity index is 1.80. The van der Waals surface area contributed by atoms with E-state index in [1.807, 2.05) is 38.2 Å². The molecule has 2 atom stereocenters. The largest absolute Gasteiger partial charge is 0.334 e. The molecule has 0 saturated carbocycles. The van der Waals surface area contributed by atoms with Crippen molar-refractivity contribution in [2.24, 2.45) is 0 Å². The van der Waals surface area contributed by atoms with Crippen molar-refractivity contribution in [1.29, 1.82) is 0 Å². The molecule has 0 bridgehead atoms. The molecule has 2 aromatic rings. The van der Waals surface area contributed by atoms with Gasteiger partial charge in [0.25, 0.3) is 0 Å². The number of amides is 2. The molecule has 0 aliphatic carbocycles. The van der Waals surface area contributed by atoms with Gasteiger partial charge in [0.2, 0.25) is 0 Å². The molecule has 7 heteroatoms. The molecule has 2 aromatic heterocycles. The maximum atomic E-state index is 11.9. The molecule has 0 saturated heterocycles. The SMILES string of the molecule is CC(Cn1cccn1)NC(=O)NC(C)c1ccc(Cl)s1. The van der Waals surface area contributed by atoms with Crippen LogP contribution < -0.4 is 10.6 Å². The number of aromatic nitrogens is 2. The molecule has 2 N–H and O–H groups in total. The molecule has 0 aliphatic rings. The first-order valence-electron chi connectivity index (χ1n) is 6.34. The Hall–Kier alpha value is -1.53.